The van der Waals surface area contributed by atoms with Crippen molar-refractivity contribution in [1.82, 2.24) is 14.5 Å². The summed E-state index contributed by atoms with van der Waals surface area (Å²) in [6, 6.07) is 15.8. The van der Waals surface area contributed by atoms with Crippen molar-refractivity contribution in [2.45, 2.75) is 32.4 Å². The van der Waals surface area contributed by atoms with E-state index < -0.39 is 22.0 Å². The van der Waals surface area contributed by atoms with Gasteiger partial charge in [-0.3, -0.25) is 9.59 Å². The molecule has 0 fully saturated rings. The fourth-order valence-electron chi connectivity index (χ4n) is 3.53. The Bertz CT molecular complexity index is 1060. The molecule has 9 nitrogen and oxygen atoms in total. The van der Waals surface area contributed by atoms with Crippen molar-refractivity contribution >= 4 is 21.8 Å². The number of carbonyl (C=O) groups excluding carboxylic acids is 2. The molecule has 10 heteroatoms. The van der Waals surface area contributed by atoms with Gasteiger partial charge in [-0.1, -0.05) is 42.5 Å². The van der Waals surface area contributed by atoms with E-state index in [1.807, 2.05) is 49.4 Å². The molecule has 0 aromatic heterocycles. The van der Waals surface area contributed by atoms with Gasteiger partial charge in [-0.25, -0.2) is 8.42 Å². The largest absolute Gasteiger partial charge is 0.497 e. The molecule has 0 unspecified atom stereocenters. The van der Waals surface area contributed by atoms with Gasteiger partial charge in [-0.15, -0.1) is 0 Å². The maximum atomic E-state index is 13.5. The Hall–Kier alpha value is -2.95. The van der Waals surface area contributed by atoms with Crippen LogP contribution in [0.5, 0.6) is 5.75 Å². The molecule has 0 aliphatic rings. The highest BCUT2D eigenvalue weighted by Gasteiger charge is 2.31. The number of benzene rings is 2. The van der Waals surface area contributed by atoms with Crippen LogP contribution in [0.15, 0.2) is 54.6 Å². The molecule has 2 amide bonds. The minimum absolute atomic E-state index is 0.129. The number of nitrogens with zero attached hydrogens (tertiary/aromatic N) is 2. The fraction of sp³-hybridized carbons (Fsp3) is 0.462. The highest BCUT2D eigenvalue weighted by Crippen LogP contribution is 2.18. The van der Waals surface area contributed by atoms with Crippen LogP contribution in [0.2, 0.25) is 0 Å². The molecule has 0 spiro atoms. The molecule has 0 bridgehead atoms. The van der Waals surface area contributed by atoms with Crippen molar-refractivity contribution < 1.29 is 27.5 Å². The normalized spacial score (nSPS) is 12.2. The zero-order chi connectivity index (χ0) is 26.6. The molecule has 36 heavy (non-hydrogen) atoms. The lowest BCUT2D eigenvalue weighted by atomic mass is 10.0. The van der Waals surface area contributed by atoms with Gasteiger partial charge in [0.05, 0.1) is 19.9 Å². The van der Waals surface area contributed by atoms with E-state index in [0.29, 0.717) is 31.9 Å². The third-order valence-electron chi connectivity index (χ3n) is 5.68. The molecular formula is C26H37N3O6S. The molecule has 1 atom stereocenters. The van der Waals surface area contributed by atoms with Crippen LogP contribution in [0, 0.1) is 0 Å². The lowest BCUT2D eigenvalue weighted by Crippen LogP contribution is -2.53. The van der Waals surface area contributed by atoms with Crippen LogP contribution in [0.3, 0.4) is 0 Å². The van der Waals surface area contributed by atoms with E-state index in [9.17, 15) is 18.0 Å². The molecule has 0 saturated heterocycles. The first-order valence-electron chi connectivity index (χ1n) is 11.9. The summed E-state index contributed by atoms with van der Waals surface area (Å²) in [5.74, 6) is -0.107. The first-order chi connectivity index (χ1) is 17.2. The Morgan fingerprint density at radius 3 is 2.28 bits per heavy atom. The highest BCUT2D eigenvalue weighted by atomic mass is 32.2. The Morgan fingerprint density at radius 2 is 1.69 bits per heavy atom. The monoisotopic (exact) mass is 519 g/mol. The maximum Gasteiger partial charge on any atom is 0.243 e. The van der Waals surface area contributed by atoms with Gasteiger partial charge >= 0.3 is 0 Å². The minimum atomic E-state index is -3.59. The van der Waals surface area contributed by atoms with Crippen LogP contribution in [0.25, 0.3) is 0 Å². The zero-order valence-electron chi connectivity index (χ0n) is 21.5. The van der Waals surface area contributed by atoms with Crippen LogP contribution in [0.1, 0.15) is 24.5 Å². The fourth-order valence-corrected chi connectivity index (χ4v) is 3.87. The molecule has 1 N–H and O–H groups in total. The number of ether oxygens (including phenoxy) is 2. The third-order valence-corrected chi connectivity index (χ3v) is 6.94. The second-order valence-corrected chi connectivity index (χ2v) is 10.5. The lowest BCUT2D eigenvalue weighted by molar-refractivity contribution is -0.141. The maximum absolute atomic E-state index is 13.5. The number of amides is 2. The molecule has 0 heterocycles. The van der Waals surface area contributed by atoms with Crippen LogP contribution >= 0.6 is 0 Å². The number of hydrogen-bond donors (Lipinski definition) is 1. The summed E-state index contributed by atoms with van der Waals surface area (Å²) in [5, 5.41) is 2.92. The van der Waals surface area contributed by atoms with Gasteiger partial charge in [0, 0.05) is 39.8 Å². The zero-order valence-corrected chi connectivity index (χ0v) is 22.3. The SMILES string of the molecule is CCOCCCNC(=O)[C@H](Cc1ccccc1)N(Cc1ccc(OC)cc1)C(=O)CN(C)S(C)(=O)=O. The standard InChI is InChI=1S/C26H37N3O6S/c1-5-35-17-9-16-27-26(31)24(18-21-10-7-6-8-11-21)29(25(30)20-28(2)36(4,32)33)19-22-12-14-23(34-3)15-13-22/h6-8,10-15,24H,5,9,16-20H2,1-4H3,(H,27,31)/t24-/m0/s1. The summed E-state index contributed by atoms with van der Waals surface area (Å²) in [6.07, 6.45) is 1.96. The van der Waals surface area contributed by atoms with Crippen LogP contribution in [-0.2, 0) is 37.3 Å². The Balaban J connectivity index is 2.36. The number of rotatable bonds is 15. The predicted molar refractivity (Wildman–Crippen MR) is 139 cm³/mol. The topological polar surface area (TPSA) is 105 Å². The lowest BCUT2D eigenvalue weighted by Gasteiger charge is -2.32. The minimum Gasteiger partial charge on any atom is -0.497 e. The van der Waals surface area contributed by atoms with Gasteiger partial charge in [0.15, 0.2) is 0 Å². The van der Waals surface area contributed by atoms with Crippen LogP contribution in [0.4, 0.5) is 0 Å². The van der Waals surface area contributed by atoms with Crippen molar-refractivity contribution in [3.63, 3.8) is 0 Å². The van der Waals surface area contributed by atoms with E-state index >= 15 is 0 Å². The van der Waals surface area contributed by atoms with Gasteiger partial charge in [-0.05, 0) is 36.6 Å². The average molecular weight is 520 g/mol. The third kappa shape index (κ3) is 9.60. The Kier molecular flexibility index (Phi) is 11.9. The van der Waals surface area contributed by atoms with E-state index in [1.54, 1.807) is 19.2 Å². The molecule has 0 aliphatic carbocycles. The van der Waals surface area contributed by atoms with E-state index in [2.05, 4.69) is 5.32 Å². The molecule has 2 rings (SSSR count). The van der Waals surface area contributed by atoms with Gasteiger partial charge < -0.3 is 19.7 Å². The quantitative estimate of drug-likeness (QED) is 0.361. The van der Waals surface area contributed by atoms with E-state index in [1.165, 1.54) is 11.9 Å². The Morgan fingerprint density at radius 1 is 1.03 bits per heavy atom. The summed E-state index contributed by atoms with van der Waals surface area (Å²) in [4.78, 5) is 28.3. The van der Waals surface area contributed by atoms with Crippen molar-refractivity contribution in [3.8, 4) is 5.75 Å². The summed E-state index contributed by atoms with van der Waals surface area (Å²) in [6.45, 7) is 3.18. The summed E-state index contributed by atoms with van der Waals surface area (Å²) < 4.78 is 35.5. The smallest absolute Gasteiger partial charge is 0.243 e. The van der Waals surface area contributed by atoms with Crippen molar-refractivity contribution in [2.75, 3.05) is 46.7 Å². The first kappa shape index (κ1) is 29.3. The van der Waals surface area contributed by atoms with E-state index in [0.717, 1.165) is 21.7 Å². The average Bonchev–Trinajstić information content (AvgIpc) is 2.86. The Labute approximate surface area is 214 Å². The number of hydrogen-bond acceptors (Lipinski definition) is 6. The number of sulfonamides is 1. The second-order valence-electron chi connectivity index (χ2n) is 8.44. The summed E-state index contributed by atoms with van der Waals surface area (Å²) in [7, 11) is -0.673. The molecular weight excluding hydrogens is 482 g/mol. The number of carbonyl (C=O) groups is 2. The van der Waals surface area contributed by atoms with Crippen molar-refractivity contribution in [1.29, 1.82) is 0 Å². The number of likely N-dealkylation sites (N-methyl/N-ethyl adjacent to an activating group) is 1. The molecule has 0 radical (unpaired) electrons. The van der Waals surface area contributed by atoms with E-state index in [4.69, 9.17) is 9.47 Å². The number of methoxy groups -OCH3 is 1. The van der Waals surface area contributed by atoms with Crippen LogP contribution < -0.4 is 10.1 Å². The molecule has 0 saturated carbocycles. The van der Waals surface area contributed by atoms with Crippen LogP contribution in [-0.4, -0.2) is 82.2 Å². The first-order valence-corrected chi connectivity index (χ1v) is 13.7. The van der Waals surface area contributed by atoms with Gasteiger partial charge in [0.1, 0.15) is 11.8 Å². The van der Waals surface area contributed by atoms with Crippen molar-refractivity contribution in [3.05, 3.63) is 65.7 Å². The second kappa shape index (κ2) is 14.6. The van der Waals surface area contributed by atoms with Gasteiger partial charge in [-0.2, -0.15) is 4.31 Å². The summed E-state index contributed by atoms with van der Waals surface area (Å²) in [5.41, 5.74) is 1.67. The summed E-state index contributed by atoms with van der Waals surface area (Å²) >= 11 is 0. The molecule has 198 valence electrons. The molecule has 2 aromatic carbocycles. The number of nitrogens with one attached hydrogen (secondary N) is 1. The molecule has 2 aromatic rings. The van der Waals surface area contributed by atoms with Gasteiger partial charge in [0.25, 0.3) is 0 Å². The van der Waals surface area contributed by atoms with Gasteiger partial charge in [0.2, 0.25) is 21.8 Å². The highest BCUT2D eigenvalue weighted by molar-refractivity contribution is 7.88. The predicted octanol–water partition coefficient (Wildman–Crippen LogP) is 2.07. The molecule has 0 aliphatic heterocycles. The van der Waals surface area contributed by atoms with E-state index in [-0.39, 0.29) is 25.4 Å². The van der Waals surface area contributed by atoms with Crippen molar-refractivity contribution in [2.24, 2.45) is 0 Å².